The van der Waals surface area contributed by atoms with Gasteiger partial charge in [-0.3, -0.25) is 18.6 Å². The van der Waals surface area contributed by atoms with Gasteiger partial charge in [0, 0.05) is 12.8 Å². The molecule has 0 fully saturated rings. The van der Waals surface area contributed by atoms with E-state index >= 15 is 0 Å². The Hall–Kier alpha value is -2.55. The number of hydrogen-bond acceptors (Lipinski definition) is 7. The molecule has 1 unspecified atom stereocenters. The molecule has 0 aromatic carbocycles. The van der Waals surface area contributed by atoms with Crippen LogP contribution in [0.15, 0.2) is 72.9 Å². The maximum absolute atomic E-state index is 12.6. The van der Waals surface area contributed by atoms with E-state index in [1.807, 2.05) is 21.1 Å². The number of rotatable bonds is 36. The quantitative estimate of drug-likeness (QED) is 0.0220. The predicted molar refractivity (Wildman–Crippen MR) is 224 cm³/mol. The van der Waals surface area contributed by atoms with Crippen molar-refractivity contribution >= 4 is 19.8 Å². The van der Waals surface area contributed by atoms with Crippen LogP contribution in [0, 0.1) is 0 Å². The van der Waals surface area contributed by atoms with Gasteiger partial charge < -0.3 is 18.9 Å². The summed E-state index contributed by atoms with van der Waals surface area (Å²) in [4.78, 5) is 35.2. The minimum atomic E-state index is -4.39. The molecule has 0 spiro atoms. The fourth-order valence-corrected chi connectivity index (χ4v) is 5.65. The number of phosphoric acid groups is 1. The van der Waals surface area contributed by atoms with Crippen LogP contribution in [0.1, 0.15) is 142 Å². The molecule has 0 saturated heterocycles. The van der Waals surface area contributed by atoms with Gasteiger partial charge >= 0.3 is 19.8 Å². The molecule has 310 valence electrons. The Kier molecular flexibility index (Phi) is 34.4. The summed E-state index contributed by atoms with van der Waals surface area (Å²) in [7, 11) is 1.42. The second-order valence-corrected chi connectivity index (χ2v) is 16.1. The van der Waals surface area contributed by atoms with Gasteiger partial charge in [0.25, 0.3) is 0 Å². The topological polar surface area (TPSA) is 108 Å². The van der Waals surface area contributed by atoms with E-state index < -0.39 is 32.5 Å². The monoisotopic (exact) mass is 779 g/mol. The summed E-state index contributed by atoms with van der Waals surface area (Å²) in [6.45, 7) is 4.24. The molecule has 10 heteroatoms. The second kappa shape index (κ2) is 36.1. The third-order valence-corrected chi connectivity index (χ3v) is 9.19. The summed E-state index contributed by atoms with van der Waals surface area (Å²) >= 11 is 0. The van der Waals surface area contributed by atoms with Crippen molar-refractivity contribution in [3.63, 3.8) is 0 Å². The van der Waals surface area contributed by atoms with Gasteiger partial charge in [0.15, 0.2) is 6.10 Å². The van der Waals surface area contributed by atoms with E-state index in [9.17, 15) is 19.0 Å². The van der Waals surface area contributed by atoms with Crippen molar-refractivity contribution in [2.45, 2.75) is 148 Å². The second-order valence-electron chi connectivity index (χ2n) is 14.7. The number of phosphoric ester groups is 1. The van der Waals surface area contributed by atoms with Crippen LogP contribution in [-0.4, -0.2) is 74.9 Å². The van der Waals surface area contributed by atoms with E-state index in [-0.39, 0.29) is 26.1 Å². The number of nitrogens with zero attached hydrogens (tertiary/aromatic N) is 1. The number of hydrogen-bond donors (Lipinski definition) is 1. The molecule has 2 atom stereocenters. The van der Waals surface area contributed by atoms with Crippen LogP contribution in [0.2, 0.25) is 0 Å². The molecule has 0 amide bonds. The lowest BCUT2D eigenvalue weighted by atomic mass is 10.1. The average Bonchev–Trinajstić information content (AvgIpc) is 3.12. The molecule has 0 aliphatic heterocycles. The largest absolute Gasteiger partial charge is 0.472 e. The molecule has 9 nitrogen and oxygen atoms in total. The summed E-state index contributed by atoms with van der Waals surface area (Å²) in [6, 6.07) is 0. The molecule has 0 saturated carbocycles. The standard InChI is InChI=1S/C44H76NO8P/c1-6-8-10-12-14-16-18-20-22-24-26-28-30-32-34-36-43(46)50-40-42(41-52-54(48,49)51-39-38-45(3,4)5)53-44(47)37-35-33-31-29-27-25-23-21-19-17-15-13-11-9-7-2/h14-17,20-23,26-29,42H,6-13,18-19,24-25,30-41H2,1-5H3/p+1/b16-14-,17-15-,22-20-,23-21-,28-26-,29-27-/t42-/m1/s1. The fourth-order valence-electron chi connectivity index (χ4n) is 4.91. The maximum Gasteiger partial charge on any atom is 0.472 e. The lowest BCUT2D eigenvalue weighted by Gasteiger charge is -2.24. The van der Waals surface area contributed by atoms with Crippen molar-refractivity contribution in [3.05, 3.63) is 72.9 Å². The first kappa shape index (κ1) is 51.5. The van der Waals surface area contributed by atoms with Crippen LogP contribution in [0.5, 0.6) is 0 Å². The van der Waals surface area contributed by atoms with Crippen molar-refractivity contribution in [3.8, 4) is 0 Å². The third-order valence-electron chi connectivity index (χ3n) is 8.21. The first-order chi connectivity index (χ1) is 26.0. The number of carbonyl (C=O) groups is 2. The highest BCUT2D eigenvalue weighted by atomic mass is 31.2. The Balaban J connectivity index is 4.56. The molecular weight excluding hydrogens is 701 g/mol. The maximum atomic E-state index is 12.6. The number of esters is 2. The Morgan fingerprint density at radius 2 is 0.981 bits per heavy atom. The van der Waals surface area contributed by atoms with Crippen LogP contribution in [0.25, 0.3) is 0 Å². The van der Waals surface area contributed by atoms with Crippen LogP contribution in [0.4, 0.5) is 0 Å². The van der Waals surface area contributed by atoms with Gasteiger partial charge in [-0.2, -0.15) is 0 Å². The first-order valence-corrected chi connectivity index (χ1v) is 22.2. The third kappa shape index (κ3) is 39.2. The first-order valence-electron chi connectivity index (χ1n) is 20.7. The highest BCUT2D eigenvalue weighted by molar-refractivity contribution is 7.47. The number of unbranched alkanes of at least 4 members (excludes halogenated alkanes) is 10. The highest BCUT2D eigenvalue weighted by Gasteiger charge is 2.27. The Morgan fingerprint density at radius 3 is 1.41 bits per heavy atom. The van der Waals surface area contributed by atoms with Gasteiger partial charge in [0.2, 0.25) is 0 Å². The number of allylic oxidation sites excluding steroid dienone is 12. The number of likely N-dealkylation sites (N-methyl/N-ethyl adjacent to an activating group) is 1. The minimum Gasteiger partial charge on any atom is -0.462 e. The summed E-state index contributed by atoms with van der Waals surface area (Å²) in [5, 5.41) is 0. The van der Waals surface area contributed by atoms with Crippen molar-refractivity contribution in [2.24, 2.45) is 0 Å². The van der Waals surface area contributed by atoms with Crippen molar-refractivity contribution in [1.29, 1.82) is 0 Å². The van der Waals surface area contributed by atoms with E-state index in [1.165, 1.54) is 38.5 Å². The molecule has 1 N–H and O–H groups in total. The Labute approximate surface area is 329 Å². The zero-order valence-corrected chi connectivity index (χ0v) is 35.6. The zero-order valence-electron chi connectivity index (χ0n) is 34.7. The van der Waals surface area contributed by atoms with Gasteiger partial charge in [-0.25, -0.2) is 4.57 Å². The predicted octanol–water partition coefficient (Wildman–Crippen LogP) is 11.5. The molecule has 0 aliphatic carbocycles. The van der Waals surface area contributed by atoms with Gasteiger partial charge in [-0.05, 0) is 89.9 Å². The molecule has 54 heavy (non-hydrogen) atoms. The summed E-state index contributed by atoms with van der Waals surface area (Å²) in [5.41, 5.74) is 0. The fraction of sp³-hybridized carbons (Fsp3) is 0.682. The van der Waals surface area contributed by atoms with Crippen molar-refractivity contribution in [2.75, 3.05) is 47.5 Å². The zero-order chi connectivity index (χ0) is 40.0. The number of quaternary nitrogens is 1. The molecule has 0 aliphatic rings. The van der Waals surface area contributed by atoms with Gasteiger partial charge in [-0.1, -0.05) is 112 Å². The molecule has 0 bridgehead atoms. The SMILES string of the molecule is CCCCC/C=C\C/C=C\C/C=C\CCCCC(=O)OC[C@H](COP(=O)(O)OCC[N+](C)(C)C)OC(=O)CCCC/C=C\C/C=C\C/C=C\CCCCC. The molecule has 0 heterocycles. The number of ether oxygens (including phenoxy) is 2. The van der Waals surface area contributed by atoms with E-state index in [0.29, 0.717) is 23.9 Å². The highest BCUT2D eigenvalue weighted by Crippen LogP contribution is 2.43. The normalized spacial score (nSPS) is 14.4. The van der Waals surface area contributed by atoms with Gasteiger partial charge in [0.1, 0.15) is 19.8 Å². The van der Waals surface area contributed by atoms with Crippen molar-refractivity contribution in [1.82, 2.24) is 0 Å². The molecule has 0 radical (unpaired) electrons. The van der Waals surface area contributed by atoms with Gasteiger partial charge in [-0.15, -0.1) is 0 Å². The summed E-state index contributed by atoms with van der Waals surface area (Å²) in [6.07, 6.45) is 43.8. The molecule has 0 aromatic heterocycles. The van der Waals surface area contributed by atoms with Crippen LogP contribution < -0.4 is 0 Å². The molecular formula is C44H77NO8P+. The van der Waals surface area contributed by atoms with E-state index in [2.05, 4.69) is 86.8 Å². The molecule has 0 aromatic rings. The minimum absolute atomic E-state index is 0.0146. The van der Waals surface area contributed by atoms with E-state index in [0.717, 1.165) is 64.2 Å². The Bertz CT molecular complexity index is 1150. The smallest absolute Gasteiger partial charge is 0.462 e. The molecule has 0 rings (SSSR count). The number of carbonyl (C=O) groups excluding carboxylic acids is 2. The lowest BCUT2D eigenvalue weighted by molar-refractivity contribution is -0.870. The van der Waals surface area contributed by atoms with Crippen LogP contribution in [-0.2, 0) is 32.7 Å². The van der Waals surface area contributed by atoms with Crippen LogP contribution >= 0.6 is 7.82 Å². The Morgan fingerprint density at radius 1 is 0.574 bits per heavy atom. The van der Waals surface area contributed by atoms with Crippen LogP contribution in [0.3, 0.4) is 0 Å². The summed E-state index contributed by atoms with van der Waals surface area (Å²) in [5.74, 6) is -0.897. The summed E-state index contributed by atoms with van der Waals surface area (Å²) < 4.78 is 34.1. The van der Waals surface area contributed by atoms with E-state index in [1.54, 1.807) is 0 Å². The van der Waals surface area contributed by atoms with E-state index in [4.69, 9.17) is 18.5 Å². The average molecular weight is 779 g/mol. The lowest BCUT2D eigenvalue weighted by Crippen LogP contribution is -2.37. The van der Waals surface area contributed by atoms with Crippen molar-refractivity contribution < 1.29 is 42.1 Å². The van der Waals surface area contributed by atoms with Gasteiger partial charge in [0.05, 0.1) is 27.7 Å².